The fourth-order valence-electron chi connectivity index (χ4n) is 1.73. The number of aliphatic hydroxyl groups is 1. The summed E-state index contributed by atoms with van der Waals surface area (Å²) in [6.07, 6.45) is 2.31. The topological polar surface area (TPSA) is 86.2 Å². The summed E-state index contributed by atoms with van der Waals surface area (Å²) in [7, 11) is 0. The van der Waals surface area contributed by atoms with Crippen LogP contribution in [-0.4, -0.2) is 35.1 Å². The number of pyridine rings is 1. The summed E-state index contributed by atoms with van der Waals surface area (Å²) in [6.45, 7) is 5.00. The van der Waals surface area contributed by atoms with Gasteiger partial charge in [0.15, 0.2) is 0 Å². The van der Waals surface area contributed by atoms with Crippen molar-refractivity contribution in [2.45, 2.75) is 26.3 Å². The first-order valence-corrected chi connectivity index (χ1v) is 5.74. The maximum atomic E-state index is 8.91. The van der Waals surface area contributed by atoms with Gasteiger partial charge in [0.25, 0.3) is 0 Å². The molecule has 0 amide bonds. The van der Waals surface area contributed by atoms with Crippen molar-refractivity contribution in [2.24, 2.45) is 5.73 Å². The zero-order valence-electron chi connectivity index (χ0n) is 10.3. The number of nitrogens with two attached hydrogens (primary N) is 1. The van der Waals surface area contributed by atoms with E-state index in [1.165, 1.54) is 0 Å². The van der Waals surface area contributed by atoms with Crippen LogP contribution in [0.1, 0.15) is 26.0 Å². The summed E-state index contributed by atoms with van der Waals surface area (Å²) in [4.78, 5) is 6.23. The molecule has 0 aromatic carbocycles. The molecule has 5 nitrogen and oxygen atoms in total. The van der Waals surface area contributed by atoms with Gasteiger partial charge in [-0.15, -0.1) is 0 Å². The number of anilines is 1. The monoisotopic (exact) mass is 236 g/mol. The fraction of sp³-hybridized carbons (Fsp3) is 0.500. The maximum Gasteiger partial charge on any atom is 0.143 e. The van der Waals surface area contributed by atoms with Crippen molar-refractivity contribution >= 4 is 11.5 Å². The van der Waals surface area contributed by atoms with Crippen molar-refractivity contribution in [3.63, 3.8) is 0 Å². The van der Waals surface area contributed by atoms with E-state index in [0.29, 0.717) is 12.1 Å². The van der Waals surface area contributed by atoms with Gasteiger partial charge in [-0.05, 0) is 32.4 Å². The SMILES string of the molecule is CC(C)N(CCCO)c1cccnc1C(=N)N. The van der Waals surface area contributed by atoms with Crippen LogP contribution in [0.25, 0.3) is 0 Å². The van der Waals surface area contributed by atoms with Gasteiger partial charge in [-0.2, -0.15) is 0 Å². The minimum Gasteiger partial charge on any atom is -0.396 e. The van der Waals surface area contributed by atoms with Crippen LogP contribution in [0.3, 0.4) is 0 Å². The van der Waals surface area contributed by atoms with Gasteiger partial charge in [0.1, 0.15) is 11.5 Å². The van der Waals surface area contributed by atoms with E-state index >= 15 is 0 Å². The van der Waals surface area contributed by atoms with E-state index in [1.54, 1.807) is 6.20 Å². The highest BCUT2D eigenvalue weighted by atomic mass is 16.3. The fourth-order valence-corrected chi connectivity index (χ4v) is 1.73. The Kier molecular flexibility index (Phi) is 4.90. The Morgan fingerprint density at radius 3 is 2.82 bits per heavy atom. The highest BCUT2D eigenvalue weighted by Crippen LogP contribution is 2.20. The molecule has 0 saturated carbocycles. The van der Waals surface area contributed by atoms with E-state index in [0.717, 1.165) is 12.2 Å². The van der Waals surface area contributed by atoms with Crippen LogP contribution in [-0.2, 0) is 0 Å². The number of aromatic nitrogens is 1. The Morgan fingerprint density at radius 2 is 2.29 bits per heavy atom. The first-order valence-electron chi connectivity index (χ1n) is 5.74. The van der Waals surface area contributed by atoms with Gasteiger partial charge >= 0.3 is 0 Å². The second-order valence-electron chi connectivity index (χ2n) is 4.15. The van der Waals surface area contributed by atoms with Crippen LogP contribution in [0.4, 0.5) is 5.69 Å². The standard InChI is InChI=1S/C12H20N4O/c1-9(2)16(7-4-8-17)10-5-3-6-15-11(10)12(13)14/h3,5-6,9,17H,4,7-8H2,1-2H3,(H3,13,14). The molecule has 94 valence electrons. The Morgan fingerprint density at radius 1 is 1.59 bits per heavy atom. The molecule has 1 rings (SSSR count). The quantitative estimate of drug-likeness (QED) is 0.507. The normalized spacial score (nSPS) is 10.6. The Balaban J connectivity index is 3.04. The van der Waals surface area contributed by atoms with E-state index in [9.17, 15) is 0 Å². The summed E-state index contributed by atoms with van der Waals surface area (Å²) >= 11 is 0. The summed E-state index contributed by atoms with van der Waals surface area (Å²) in [5.41, 5.74) is 6.88. The summed E-state index contributed by atoms with van der Waals surface area (Å²) in [6, 6.07) is 4.00. The molecular weight excluding hydrogens is 216 g/mol. The first-order chi connectivity index (χ1) is 8.07. The maximum absolute atomic E-state index is 8.91. The van der Waals surface area contributed by atoms with Gasteiger partial charge in [-0.1, -0.05) is 0 Å². The number of amidine groups is 1. The Labute approximate surface area is 102 Å². The van der Waals surface area contributed by atoms with Gasteiger partial charge in [0.05, 0.1) is 5.69 Å². The summed E-state index contributed by atoms with van der Waals surface area (Å²) < 4.78 is 0. The molecule has 1 aromatic heterocycles. The predicted molar refractivity (Wildman–Crippen MR) is 69.4 cm³/mol. The van der Waals surface area contributed by atoms with Crippen molar-refractivity contribution in [2.75, 3.05) is 18.1 Å². The number of nitrogens with one attached hydrogen (secondary N) is 1. The highest BCUT2D eigenvalue weighted by Gasteiger charge is 2.16. The largest absolute Gasteiger partial charge is 0.396 e. The molecule has 0 bridgehead atoms. The molecule has 0 aliphatic carbocycles. The average Bonchev–Trinajstić information content (AvgIpc) is 2.29. The Hall–Kier alpha value is -1.62. The van der Waals surface area contributed by atoms with Crippen LogP contribution in [0.2, 0.25) is 0 Å². The minimum absolute atomic E-state index is 0.0322. The highest BCUT2D eigenvalue weighted by molar-refractivity contribution is 5.98. The molecule has 0 aliphatic heterocycles. The third-order valence-corrected chi connectivity index (χ3v) is 2.53. The summed E-state index contributed by atoms with van der Waals surface area (Å²) in [5, 5.41) is 16.4. The predicted octanol–water partition coefficient (Wildman–Crippen LogP) is 0.963. The zero-order valence-corrected chi connectivity index (χ0v) is 10.3. The van der Waals surface area contributed by atoms with E-state index in [-0.39, 0.29) is 18.5 Å². The summed E-state index contributed by atoms with van der Waals surface area (Å²) in [5.74, 6) is -0.0322. The Bertz CT molecular complexity index is 379. The van der Waals surface area contributed by atoms with Crippen molar-refractivity contribution in [1.29, 1.82) is 5.41 Å². The van der Waals surface area contributed by atoms with Crippen molar-refractivity contribution in [3.8, 4) is 0 Å². The molecule has 0 radical (unpaired) electrons. The van der Waals surface area contributed by atoms with Crippen molar-refractivity contribution in [3.05, 3.63) is 24.0 Å². The average molecular weight is 236 g/mol. The van der Waals surface area contributed by atoms with Crippen molar-refractivity contribution in [1.82, 2.24) is 4.98 Å². The molecule has 0 saturated heterocycles. The molecule has 1 aromatic rings. The number of aliphatic hydroxyl groups excluding tert-OH is 1. The van der Waals surface area contributed by atoms with Gasteiger partial charge in [-0.3, -0.25) is 10.4 Å². The third kappa shape index (κ3) is 3.42. The number of nitrogens with zero attached hydrogens (tertiary/aromatic N) is 2. The van der Waals surface area contributed by atoms with Crippen LogP contribution in [0, 0.1) is 5.41 Å². The van der Waals surface area contributed by atoms with Gasteiger partial charge in [0, 0.05) is 25.4 Å². The molecule has 0 atom stereocenters. The lowest BCUT2D eigenvalue weighted by molar-refractivity contribution is 0.288. The second-order valence-corrected chi connectivity index (χ2v) is 4.15. The third-order valence-electron chi connectivity index (χ3n) is 2.53. The molecule has 0 fully saturated rings. The lowest BCUT2D eigenvalue weighted by atomic mass is 10.2. The van der Waals surface area contributed by atoms with Crippen LogP contribution in [0.5, 0.6) is 0 Å². The van der Waals surface area contributed by atoms with Crippen LogP contribution >= 0.6 is 0 Å². The number of hydrogen-bond acceptors (Lipinski definition) is 4. The van der Waals surface area contributed by atoms with Gasteiger partial charge in [0.2, 0.25) is 0 Å². The van der Waals surface area contributed by atoms with E-state index < -0.39 is 0 Å². The number of hydrogen-bond donors (Lipinski definition) is 3. The molecule has 0 spiro atoms. The van der Waals surface area contributed by atoms with Gasteiger partial charge < -0.3 is 15.7 Å². The molecule has 5 heteroatoms. The number of rotatable bonds is 6. The molecular formula is C12H20N4O. The zero-order chi connectivity index (χ0) is 12.8. The van der Waals surface area contributed by atoms with Crippen LogP contribution in [0.15, 0.2) is 18.3 Å². The van der Waals surface area contributed by atoms with E-state index in [2.05, 4.69) is 23.7 Å². The number of nitrogen functional groups attached to an aromatic ring is 1. The van der Waals surface area contributed by atoms with E-state index in [1.807, 2.05) is 12.1 Å². The molecule has 17 heavy (non-hydrogen) atoms. The smallest absolute Gasteiger partial charge is 0.143 e. The lowest BCUT2D eigenvalue weighted by Crippen LogP contribution is -2.34. The molecule has 4 N–H and O–H groups in total. The lowest BCUT2D eigenvalue weighted by Gasteiger charge is -2.30. The first kappa shape index (κ1) is 13.4. The van der Waals surface area contributed by atoms with Crippen LogP contribution < -0.4 is 10.6 Å². The van der Waals surface area contributed by atoms with E-state index in [4.69, 9.17) is 16.2 Å². The molecule has 0 aliphatic rings. The molecule has 1 heterocycles. The van der Waals surface area contributed by atoms with Crippen molar-refractivity contribution < 1.29 is 5.11 Å². The second kappa shape index (κ2) is 6.20. The van der Waals surface area contributed by atoms with Gasteiger partial charge in [-0.25, -0.2) is 0 Å². The molecule has 0 unspecified atom stereocenters. The minimum atomic E-state index is -0.0322.